The molecule has 0 radical (unpaired) electrons. The van der Waals surface area contributed by atoms with E-state index in [4.69, 9.17) is 5.73 Å². The lowest BCUT2D eigenvalue weighted by molar-refractivity contribution is -0.130. The molecule has 17 heavy (non-hydrogen) atoms. The van der Waals surface area contributed by atoms with Gasteiger partial charge in [0.1, 0.15) is 6.04 Å². The average Bonchev–Trinajstić information content (AvgIpc) is 2.26. The van der Waals surface area contributed by atoms with Crippen molar-refractivity contribution in [3.05, 3.63) is 29.8 Å². The van der Waals surface area contributed by atoms with Gasteiger partial charge in [0.05, 0.1) is 4.90 Å². The number of nitrogens with two attached hydrogens (primary N) is 1. The number of hydrogen-bond donors (Lipinski definition) is 1. The standard InChI is InChI=1S/C11H16N2O3S/c1-13(2)11(14)10(12)8-4-6-9(7-5-8)17(3,15)16/h4-7,10H,12H2,1-3H3. The summed E-state index contributed by atoms with van der Waals surface area (Å²) in [6, 6.07) is 5.25. The zero-order valence-corrected chi connectivity index (χ0v) is 10.9. The summed E-state index contributed by atoms with van der Waals surface area (Å²) < 4.78 is 22.5. The Bertz CT molecular complexity index is 506. The molecule has 0 spiro atoms. The molecule has 1 unspecified atom stereocenters. The molecule has 1 atom stereocenters. The molecule has 6 heteroatoms. The van der Waals surface area contributed by atoms with Gasteiger partial charge in [0, 0.05) is 20.4 Å². The van der Waals surface area contributed by atoms with Crippen LogP contribution in [0.25, 0.3) is 0 Å². The summed E-state index contributed by atoms with van der Waals surface area (Å²) in [5, 5.41) is 0. The van der Waals surface area contributed by atoms with Gasteiger partial charge in [-0.2, -0.15) is 0 Å². The number of nitrogens with zero attached hydrogens (tertiary/aromatic N) is 1. The Morgan fingerprint density at radius 1 is 1.24 bits per heavy atom. The summed E-state index contributed by atoms with van der Waals surface area (Å²) in [6.07, 6.45) is 1.13. The summed E-state index contributed by atoms with van der Waals surface area (Å²) in [4.78, 5) is 13.2. The minimum absolute atomic E-state index is 0.214. The lowest BCUT2D eigenvalue weighted by Gasteiger charge is -2.17. The summed E-state index contributed by atoms with van der Waals surface area (Å²) in [7, 11) is 0.0182. The van der Waals surface area contributed by atoms with Crippen molar-refractivity contribution >= 4 is 15.7 Å². The van der Waals surface area contributed by atoms with Gasteiger partial charge in [-0.3, -0.25) is 4.79 Å². The van der Waals surface area contributed by atoms with Crippen molar-refractivity contribution in [2.24, 2.45) is 5.73 Å². The molecule has 1 amide bonds. The SMILES string of the molecule is CN(C)C(=O)C(N)c1ccc(S(C)(=O)=O)cc1. The normalized spacial score (nSPS) is 13.2. The molecule has 1 aromatic carbocycles. The fourth-order valence-electron chi connectivity index (χ4n) is 1.34. The van der Waals surface area contributed by atoms with Crippen molar-refractivity contribution in [3.63, 3.8) is 0 Å². The predicted octanol–water partition coefficient (Wildman–Crippen LogP) is 0.178. The van der Waals surface area contributed by atoms with Crippen molar-refractivity contribution in [1.82, 2.24) is 4.90 Å². The van der Waals surface area contributed by atoms with Gasteiger partial charge in [0.2, 0.25) is 5.91 Å². The van der Waals surface area contributed by atoms with Crippen LogP contribution < -0.4 is 5.73 Å². The summed E-state index contributed by atoms with van der Waals surface area (Å²) >= 11 is 0. The van der Waals surface area contributed by atoms with Crippen LogP contribution in [0.1, 0.15) is 11.6 Å². The zero-order valence-electron chi connectivity index (χ0n) is 10.0. The molecule has 0 bridgehead atoms. The van der Waals surface area contributed by atoms with Gasteiger partial charge in [0.15, 0.2) is 9.84 Å². The van der Waals surface area contributed by atoms with E-state index in [-0.39, 0.29) is 10.8 Å². The molecule has 0 aromatic heterocycles. The Hall–Kier alpha value is -1.40. The maximum absolute atomic E-state index is 11.6. The third-order valence-electron chi connectivity index (χ3n) is 2.37. The lowest BCUT2D eigenvalue weighted by Crippen LogP contribution is -2.33. The van der Waals surface area contributed by atoms with E-state index >= 15 is 0 Å². The van der Waals surface area contributed by atoms with Crippen molar-refractivity contribution < 1.29 is 13.2 Å². The van der Waals surface area contributed by atoms with Crippen LogP contribution >= 0.6 is 0 Å². The smallest absolute Gasteiger partial charge is 0.243 e. The van der Waals surface area contributed by atoms with Crippen molar-refractivity contribution in [2.45, 2.75) is 10.9 Å². The van der Waals surface area contributed by atoms with E-state index < -0.39 is 15.9 Å². The molecule has 0 aliphatic rings. The van der Waals surface area contributed by atoms with E-state index in [1.807, 2.05) is 0 Å². The van der Waals surface area contributed by atoms with Gasteiger partial charge in [-0.05, 0) is 17.7 Å². The Morgan fingerprint density at radius 2 is 1.71 bits per heavy atom. The fraction of sp³-hybridized carbons (Fsp3) is 0.364. The Kier molecular flexibility index (Phi) is 3.90. The molecule has 0 fully saturated rings. The lowest BCUT2D eigenvalue weighted by atomic mass is 10.1. The van der Waals surface area contributed by atoms with Gasteiger partial charge in [0.25, 0.3) is 0 Å². The predicted molar refractivity (Wildman–Crippen MR) is 65.2 cm³/mol. The first-order valence-corrected chi connectivity index (χ1v) is 6.89. The van der Waals surface area contributed by atoms with Gasteiger partial charge >= 0.3 is 0 Å². The zero-order chi connectivity index (χ0) is 13.2. The summed E-state index contributed by atoms with van der Waals surface area (Å²) in [5.74, 6) is -0.225. The number of rotatable bonds is 3. The largest absolute Gasteiger partial charge is 0.347 e. The molecule has 94 valence electrons. The van der Waals surface area contributed by atoms with E-state index in [2.05, 4.69) is 0 Å². The van der Waals surface area contributed by atoms with E-state index in [1.54, 1.807) is 26.2 Å². The number of amides is 1. The van der Waals surface area contributed by atoms with Gasteiger partial charge in [-0.1, -0.05) is 12.1 Å². The Balaban J connectivity index is 3.00. The molecule has 0 aliphatic heterocycles. The molecule has 2 N–H and O–H groups in total. The van der Waals surface area contributed by atoms with Crippen LogP contribution in [0, 0.1) is 0 Å². The van der Waals surface area contributed by atoms with Crippen LogP contribution in [0.15, 0.2) is 29.2 Å². The van der Waals surface area contributed by atoms with Crippen LogP contribution in [0.3, 0.4) is 0 Å². The first kappa shape index (κ1) is 13.7. The van der Waals surface area contributed by atoms with Crippen LogP contribution in [0.2, 0.25) is 0 Å². The second kappa shape index (κ2) is 4.85. The topological polar surface area (TPSA) is 80.5 Å². The van der Waals surface area contributed by atoms with Crippen molar-refractivity contribution in [1.29, 1.82) is 0 Å². The first-order chi connectivity index (χ1) is 7.73. The molecular weight excluding hydrogens is 240 g/mol. The molecule has 1 aromatic rings. The number of sulfone groups is 1. The highest BCUT2D eigenvalue weighted by molar-refractivity contribution is 7.90. The summed E-state index contributed by atoms with van der Waals surface area (Å²) in [6.45, 7) is 0. The highest BCUT2D eigenvalue weighted by Gasteiger charge is 2.18. The number of hydrogen-bond acceptors (Lipinski definition) is 4. The van der Waals surface area contributed by atoms with Crippen molar-refractivity contribution in [2.75, 3.05) is 20.4 Å². The molecule has 0 saturated carbocycles. The van der Waals surface area contributed by atoms with Crippen LogP contribution in [0.5, 0.6) is 0 Å². The van der Waals surface area contributed by atoms with Gasteiger partial charge in [-0.15, -0.1) is 0 Å². The number of benzene rings is 1. The van der Waals surface area contributed by atoms with E-state index in [1.165, 1.54) is 17.0 Å². The minimum atomic E-state index is -3.22. The van der Waals surface area contributed by atoms with Crippen LogP contribution in [-0.2, 0) is 14.6 Å². The Morgan fingerprint density at radius 3 is 2.06 bits per heavy atom. The second-order valence-electron chi connectivity index (χ2n) is 4.05. The molecule has 0 saturated heterocycles. The second-order valence-corrected chi connectivity index (χ2v) is 6.07. The molecule has 0 aliphatic carbocycles. The van der Waals surface area contributed by atoms with Gasteiger partial charge < -0.3 is 10.6 Å². The van der Waals surface area contributed by atoms with Crippen molar-refractivity contribution in [3.8, 4) is 0 Å². The minimum Gasteiger partial charge on any atom is -0.347 e. The molecular formula is C11H16N2O3S. The monoisotopic (exact) mass is 256 g/mol. The number of likely N-dealkylation sites (N-methyl/N-ethyl adjacent to an activating group) is 1. The number of carbonyl (C=O) groups excluding carboxylic acids is 1. The van der Waals surface area contributed by atoms with E-state index in [0.717, 1.165) is 6.26 Å². The highest BCUT2D eigenvalue weighted by atomic mass is 32.2. The maximum atomic E-state index is 11.6. The van der Waals surface area contributed by atoms with Gasteiger partial charge in [-0.25, -0.2) is 8.42 Å². The molecule has 1 rings (SSSR count). The Labute approximate surface area is 101 Å². The maximum Gasteiger partial charge on any atom is 0.243 e. The van der Waals surface area contributed by atoms with E-state index in [9.17, 15) is 13.2 Å². The average molecular weight is 256 g/mol. The number of carbonyl (C=O) groups is 1. The third-order valence-corrected chi connectivity index (χ3v) is 3.50. The van der Waals surface area contributed by atoms with Crippen LogP contribution in [0.4, 0.5) is 0 Å². The quantitative estimate of drug-likeness (QED) is 0.836. The fourth-order valence-corrected chi connectivity index (χ4v) is 1.97. The molecule has 0 heterocycles. The third kappa shape index (κ3) is 3.28. The van der Waals surface area contributed by atoms with E-state index in [0.29, 0.717) is 5.56 Å². The summed E-state index contributed by atoms with van der Waals surface area (Å²) in [5.41, 5.74) is 6.35. The van der Waals surface area contributed by atoms with Crippen LogP contribution in [-0.4, -0.2) is 39.6 Å². The highest BCUT2D eigenvalue weighted by Crippen LogP contribution is 2.16. The first-order valence-electron chi connectivity index (χ1n) is 5.00. The molecule has 5 nitrogen and oxygen atoms in total.